The van der Waals surface area contributed by atoms with Gasteiger partial charge in [0.1, 0.15) is 11.6 Å². The first-order valence-corrected chi connectivity index (χ1v) is 20.5. The molecule has 0 saturated carbocycles. The van der Waals surface area contributed by atoms with Crippen LogP contribution in [-0.4, -0.2) is 11.6 Å². The molecule has 2 atom stereocenters. The lowest BCUT2D eigenvalue weighted by atomic mass is 9.78. The summed E-state index contributed by atoms with van der Waals surface area (Å²) in [7, 11) is 0. The van der Waals surface area contributed by atoms with Gasteiger partial charge in [0.05, 0.1) is 0 Å². The van der Waals surface area contributed by atoms with Crippen molar-refractivity contribution < 1.29 is 9.59 Å². The summed E-state index contributed by atoms with van der Waals surface area (Å²) in [4.78, 5) is 22.4. The molecule has 2 heteroatoms. The fourth-order valence-corrected chi connectivity index (χ4v) is 7.29. The molecule has 0 bridgehead atoms. The predicted molar refractivity (Wildman–Crippen MR) is 197 cm³/mol. The van der Waals surface area contributed by atoms with E-state index in [1.807, 2.05) is 0 Å². The SMILES string of the molecule is CCCCCCCCCC(CCCCCCCCCC(C)=O)C(CCCCCCCCC)CCCCCCCCCC(C)=O. The summed E-state index contributed by atoms with van der Waals surface area (Å²) in [6.45, 7) is 8.09. The van der Waals surface area contributed by atoms with Crippen LogP contribution in [0.25, 0.3) is 0 Å². The van der Waals surface area contributed by atoms with Gasteiger partial charge >= 0.3 is 0 Å². The number of rotatable bonds is 37. The second kappa shape index (κ2) is 35.2. The fraction of sp³-hybridized carbons (Fsp3) is 0.952. The van der Waals surface area contributed by atoms with Gasteiger partial charge < -0.3 is 9.59 Å². The molecular weight excluding hydrogens is 536 g/mol. The Morgan fingerprint density at radius 2 is 0.523 bits per heavy atom. The Morgan fingerprint density at radius 1 is 0.318 bits per heavy atom. The van der Waals surface area contributed by atoms with Gasteiger partial charge in [0.15, 0.2) is 0 Å². The van der Waals surface area contributed by atoms with Crippen LogP contribution in [-0.2, 0) is 9.59 Å². The number of ketones is 2. The van der Waals surface area contributed by atoms with Crippen molar-refractivity contribution in [2.45, 2.75) is 246 Å². The van der Waals surface area contributed by atoms with E-state index in [2.05, 4.69) is 13.8 Å². The first-order chi connectivity index (χ1) is 21.5. The zero-order valence-electron chi connectivity index (χ0n) is 31.0. The van der Waals surface area contributed by atoms with Gasteiger partial charge in [-0.15, -0.1) is 0 Å². The van der Waals surface area contributed by atoms with Crippen LogP contribution in [0.5, 0.6) is 0 Å². The van der Waals surface area contributed by atoms with Crippen LogP contribution in [0.15, 0.2) is 0 Å². The summed E-state index contributed by atoms with van der Waals surface area (Å²) in [5.41, 5.74) is 0. The van der Waals surface area contributed by atoms with Crippen LogP contribution in [0.1, 0.15) is 246 Å². The molecule has 0 radical (unpaired) electrons. The largest absolute Gasteiger partial charge is 0.300 e. The molecule has 0 spiro atoms. The lowest BCUT2D eigenvalue weighted by Gasteiger charge is -2.28. The van der Waals surface area contributed by atoms with Crippen molar-refractivity contribution in [1.82, 2.24) is 0 Å². The second-order valence-electron chi connectivity index (χ2n) is 14.8. The normalized spacial score (nSPS) is 12.9. The summed E-state index contributed by atoms with van der Waals surface area (Å²) in [5.74, 6) is 2.61. The van der Waals surface area contributed by atoms with E-state index in [0.717, 1.165) is 37.5 Å². The lowest BCUT2D eigenvalue weighted by Crippen LogP contribution is -2.16. The Labute approximate surface area is 278 Å². The Morgan fingerprint density at radius 3 is 0.750 bits per heavy atom. The van der Waals surface area contributed by atoms with Crippen LogP contribution in [0, 0.1) is 11.8 Å². The molecule has 0 aromatic rings. The molecule has 0 heterocycles. The van der Waals surface area contributed by atoms with E-state index in [4.69, 9.17) is 0 Å². The fourth-order valence-electron chi connectivity index (χ4n) is 7.29. The van der Waals surface area contributed by atoms with Gasteiger partial charge in [-0.05, 0) is 38.5 Å². The molecule has 0 aromatic carbocycles. The van der Waals surface area contributed by atoms with Crippen LogP contribution in [0.3, 0.4) is 0 Å². The number of hydrogen-bond donors (Lipinski definition) is 0. The van der Waals surface area contributed by atoms with E-state index in [1.54, 1.807) is 13.8 Å². The summed E-state index contributed by atoms with van der Waals surface area (Å²) < 4.78 is 0. The van der Waals surface area contributed by atoms with E-state index in [9.17, 15) is 9.59 Å². The first-order valence-electron chi connectivity index (χ1n) is 20.5. The topological polar surface area (TPSA) is 34.1 Å². The van der Waals surface area contributed by atoms with Crippen molar-refractivity contribution in [1.29, 1.82) is 0 Å². The van der Waals surface area contributed by atoms with Gasteiger partial charge in [-0.25, -0.2) is 0 Å². The number of carbonyl (C=O) groups excluding carboxylic acids is 2. The number of hydrogen-bond acceptors (Lipinski definition) is 2. The zero-order valence-corrected chi connectivity index (χ0v) is 31.0. The lowest BCUT2D eigenvalue weighted by molar-refractivity contribution is -0.117. The van der Waals surface area contributed by atoms with Crippen molar-refractivity contribution in [3.63, 3.8) is 0 Å². The minimum atomic E-state index is 0.351. The molecule has 0 N–H and O–H groups in total. The van der Waals surface area contributed by atoms with Crippen molar-refractivity contribution in [3.05, 3.63) is 0 Å². The average Bonchev–Trinajstić information content (AvgIpc) is 3.00. The standard InChI is InChI=1S/C42H82O2/c1-5-7-9-11-15-23-29-35-41(37-31-25-19-13-17-21-27-33-39(3)43)42(36-30-24-16-12-10-8-6-2)38-32-26-20-14-18-22-28-34-40(4)44/h41-42H,5-38H2,1-4H3. The minimum absolute atomic E-state index is 0.351. The maximum absolute atomic E-state index is 11.2. The molecule has 0 aliphatic carbocycles. The first kappa shape index (κ1) is 43.3. The van der Waals surface area contributed by atoms with Crippen molar-refractivity contribution in [2.75, 3.05) is 0 Å². The van der Waals surface area contributed by atoms with Crippen LogP contribution in [0.4, 0.5) is 0 Å². The van der Waals surface area contributed by atoms with Gasteiger partial charge in [0.2, 0.25) is 0 Å². The third-order valence-electron chi connectivity index (χ3n) is 10.2. The number of Topliss-reactive ketones (excluding diaryl/α,β-unsaturated/α-hetero) is 2. The second-order valence-corrected chi connectivity index (χ2v) is 14.8. The summed E-state index contributed by atoms with van der Waals surface area (Å²) in [6, 6.07) is 0. The molecule has 0 aliphatic heterocycles. The highest BCUT2D eigenvalue weighted by Crippen LogP contribution is 2.34. The minimum Gasteiger partial charge on any atom is -0.300 e. The summed E-state index contributed by atoms with van der Waals surface area (Å²) in [6.07, 6.45) is 45.9. The molecule has 0 aromatic heterocycles. The van der Waals surface area contributed by atoms with Crippen molar-refractivity contribution in [3.8, 4) is 0 Å². The van der Waals surface area contributed by atoms with Crippen LogP contribution in [0.2, 0.25) is 0 Å². The maximum Gasteiger partial charge on any atom is 0.129 e. The third kappa shape index (κ3) is 32.7. The molecule has 2 unspecified atom stereocenters. The molecule has 0 aliphatic rings. The Balaban J connectivity index is 4.76. The molecule has 0 saturated heterocycles. The molecule has 0 rings (SSSR count). The predicted octanol–water partition coefficient (Wildman–Crippen LogP) is 14.7. The smallest absolute Gasteiger partial charge is 0.129 e. The van der Waals surface area contributed by atoms with E-state index < -0.39 is 0 Å². The number of unbranched alkanes of at least 4 members (excludes halogenated alkanes) is 24. The summed E-state index contributed by atoms with van der Waals surface area (Å²) >= 11 is 0. The summed E-state index contributed by atoms with van der Waals surface area (Å²) in [5, 5.41) is 0. The van der Waals surface area contributed by atoms with E-state index in [1.165, 1.54) is 193 Å². The average molecular weight is 619 g/mol. The van der Waals surface area contributed by atoms with Crippen molar-refractivity contribution >= 4 is 11.6 Å². The van der Waals surface area contributed by atoms with Gasteiger partial charge in [-0.3, -0.25) is 0 Å². The monoisotopic (exact) mass is 619 g/mol. The van der Waals surface area contributed by atoms with E-state index >= 15 is 0 Å². The Kier molecular flexibility index (Phi) is 34.7. The molecule has 2 nitrogen and oxygen atoms in total. The number of carbonyl (C=O) groups is 2. The van der Waals surface area contributed by atoms with Crippen molar-refractivity contribution in [2.24, 2.45) is 11.8 Å². The molecule has 0 amide bonds. The van der Waals surface area contributed by atoms with E-state index in [0.29, 0.717) is 11.6 Å². The third-order valence-corrected chi connectivity index (χ3v) is 10.2. The highest BCUT2D eigenvalue weighted by atomic mass is 16.1. The van der Waals surface area contributed by atoms with Gasteiger partial charge in [-0.2, -0.15) is 0 Å². The Hall–Kier alpha value is -0.660. The highest BCUT2D eigenvalue weighted by molar-refractivity contribution is 5.75. The van der Waals surface area contributed by atoms with Crippen LogP contribution >= 0.6 is 0 Å². The van der Waals surface area contributed by atoms with Crippen LogP contribution < -0.4 is 0 Å². The molecular formula is C42H82O2. The quantitative estimate of drug-likeness (QED) is 0.0649. The molecule has 262 valence electrons. The Bertz CT molecular complexity index is 545. The molecule has 44 heavy (non-hydrogen) atoms. The van der Waals surface area contributed by atoms with Gasteiger partial charge in [0, 0.05) is 12.8 Å². The highest BCUT2D eigenvalue weighted by Gasteiger charge is 2.20. The zero-order chi connectivity index (χ0) is 32.4. The van der Waals surface area contributed by atoms with Gasteiger partial charge in [0.25, 0.3) is 0 Å². The molecule has 0 fully saturated rings. The van der Waals surface area contributed by atoms with Gasteiger partial charge in [-0.1, -0.05) is 206 Å². The maximum atomic E-state index is 11.2. The van der Waals surface area contributed by atoms with E-state index in [-0.39, 0.29) is 0 Å².